The van der Waals surface area contributed by atoms with Crippen LogP contribution in [0.2, 0.25) is 0 Å². The van der Waals surface area contributed by atoms with E-state index in [0.29, 0.717) is 16.7 Å². The van der Waals surface area contributed by atoms with Crippen molar-refractivity contribution in [2.75, 3.05) is 0 Å². The summed E-state index contributed by atoms with van der Waals surface area (Å²) in [5, 5.41) is 12.6. The molecule has 3 aromatic heterocycles. The maximum atomic E-state index is 13.6. The molecule has 0 amide bonds. The molecule has 5 rings (SSSR count). The highest BCUT2D eigenvalue weighted by Crippen LogP contribution is 2.36. The van der Waals surface area contributed by atoms with Crippen LogP contribution in [0.1, 0.15) is 21.6 Å². The molecule has 8 nitrogen and oxygen atoms in total. The number of H-pyrrole nitrogens is 1. The number of benzene rings is 2. The number of hydrogen-bond acceptors (Lipinski definition) is 5. The lowest BCUT2D eigenvalue weighted by Crippen LogP contribution is -2.34. The number of aromatic carboxylic acids is 1. The lowest BCUT2D eigenvalue weighted by atomic mass is 10.1. The molecule has 0 atom stereocenters. The minimum Gasteiger partial charge on any atom is -0.477 e. The molecule has 0 aliphatic heterocycles. The van der Waals surface area contributed by atoms with Gasteiger partial charge in [0.15, 0.2) is 5.69 Å². The van der Waals surface area contributed by atoms with Gasteiger partial charge in [-0.05, 0) is 35.9 Å². The molecule has 5 aromatic rings. The third-order valence-electron chi connectivity index (χ3n) is 5.80. The second-order valence-electron chi connectivity index (χ2n) is 8.28. The molecule has 0 saturated carbocycles. The van der Waals surface area contributed by atoms with E-state index in [1.165, 1.54) is 22.9 Å². The first-order valence-corrected chi connectivity index (χ1v) is 11.7. The zero-order chi connectivity index (χ0) is 28.3. The molecule has 0 bridgehead atoms. The molecule has 0 radical (unpaired) electrons. The van der Waals surface area contributed by atoms with Crippen LogP contribution >= 0.6 is 11.3 Å². The van der Waals surface area contributed by atoms with Crippen molar-refractivity contribution in [3.8, 4) is 11.4 Å². The van der Waals surface area contributed by atoms with Crippen molar-refractivity contribution < 1.29 is 41.0 Å². The third kappa shape index (κ3) is 4.76. The second kappa shape index (κ2) is 9.04. The van der Waals surface area contributed by atoms with Crippen molar-refractivity contribution in [3.63, 3.8) is 0 Å². The number of nitrogens with one attached hydrogen (secondary N) is 1. The molecular weight excluding hydrogens is 556 g/mol. The zero-order valence-corrected chi connectivity index (χ0v) is 19.9. The Morgan fingerprint density at radius 3 is 2.41 bits per heavy atom. The fourth-order valence-electron chi connectivity index (χ4n) is 4.29. The maximum Gasteiger partial charge on any atom is 0.573 e. The highest BCUT2D eigenvalue weighted by Gasteiger charge is 2.34. The van der Waals surface area contributed by atoms with Gasteiger partial charge in [0.25, 0.3) is 5.56 Å². The summed E-state index contributed by atoms with van der Waals surface area (Å²) >= 11 is 1.07. The topological polar surface area (TPSA) is 106 Å². The van der Waals surface area contributed by atoms with E-state index in [1.54, 1.807) is 0 Å². The molecule has 3 heterocycles. The van der Waals surface area contributed by atoms with Crippen LogP contribution in [-0.4, -0.2) is 31.6 Å². The number of fused-ring (bicyclic) bond motifs is 2. The number of aromatic amines is 1. The summed E-state index contributed by atoms with van der Waals surface area (Å²) in [5.41, 5.74) is -4.44. The molecule has 0 aliphatic rings. The van der Waals surface area contributed by atoms with Crippen LogP contribution in [0.5, 0.6) is 5.75 Å². The van der Waals surface area contributed by atoms with Crippen LogP contribution in [0.4, 0.5) is 26.3 Å². The first-order chi connectivity index (χ1) is 18.2. The van der Waals surface area contributed by atoms with Gasteiger partial charge in [0.1, 0.15) is 5.75 Å². The van der Waals surface area contributed by atoms with Crippen molar-refractivity contribution in [1.82, 2.24) is 14.1 Å². The van der Waals surface area contributed by atoms with Crippen LogP contribution in [0, 0.1) is 0 Å². The van der Waals surface area contributed by atoms with Gasteiger partial charge >= 0.3 is 24.2 Å². The Morgan fingerprint density at radius 1 is 1.00 bits per heavy atom. The van der Waals surface area contributed by atoms with Gasteiger partial charge in [-0.2, -0.15) is 13.2 Å². The average molecular weight is 569 g/mol. The number of aromatic nitrogens is 3. The van der Waals surface area contributed by atoms with E-state index >= 15 is 0 Å². The fraction of sp³-hybridized carbons (Fsp3) is 0.125. The van der Waals surface area contributed by atoms with Gasteiger partial charge in [-0.1, -0.05) is 12.1 Å². The predicted octanol–water partition coefficient (Wildman–Crippen LogP) is 5.36. The van der Waals surface area contributed by atoms with Crippen molar-refractivity contribution >= 4 is 39.1 Å². The zero-order valence-electron chi connectivity index (χ0n) is 19.1. The van der Waals surface area contributed by atoms with Crippen LogP contribution in [0.15, 0.2) is 62.8 Å². The van der Waals surface area contributed by atoms with Crippen LogP contribution in [0.25, 0.3) is 27.5 Å². The lowest BCUT2D eigenvalue weighted by Gasteiger charge is -2.13. The Kier molecular flexibility index (Phi) is 6.05. The largest absolute Gasteiger partial charge is 0.573 e. The Morgan fingerprint density at radius 2 is 1.74 bits per heavy atom. The summed E-state index contributed by atoms with van der Waals surface area (Å²) in [4.78, 5) is 41.1. The summed E-state index contributed by atoms with van der Waals surface area (Å²) in [5.74, 6) is -2.31. The van der Waals surface area contributed by atoms with Crippen molar-refractivity contribution in [3.05, 3.63) is 90.9 Å². The number of halogens is 6. The number of hydrogen-bond donors (Lipinski definition) is 2. The molecule has 15 heteroatoms. The molecular formula is C24H13F6N3O5S. The van der Waals surface area contributed by atoms with Gasteiger partial charge in [0, 0.05) is 22.7 Å². The molecule has 0 spiro atoms. The van der Waals surface area contributed by atoms with Crippen LogP contribution in [0.3, 0.4) is 0 Å². The van der Waals surface area contributed by atoms with E-state index in [-0.39, 0.29) is 27.4 Å². The van der Waals surface area contributed by atoms with E-state index in [9.17, 15) is 45.8 Å². The van der Waals surface area contributed by atoms with Crippen molar-refractivity contribution in [1.29, 1.82) is 0 Å². The summed E-state index contributed by atoms with van der Waals surface area (Å²) in [6.07, 6.45) is -9.86. The third-order valence-corrected chi connectivity index (χ3v) is 6.55. The Hall–Kier alpha value is -4.53. The first-order valence-electron chi connectivity index (χ1n) is 10.8. The number of carboxylic acids is 1. The maximum absolute atomic E-state index is 13.6. The Labute approximate surface area is 215 Å². The lowest BCUT2D eigenvalue weighted by molar-refractivity contribution is -0.274. The number of thiophene rings is 1. The minimum absolute atomic E-state index is 0.000755. The number of carboxylic acid groups (broad SMARTS) is 1. The molecule has 202 valence electrons. The van der Waals surface area contributed by atoms with Crippen LogP contribution in [-0.2, 0) is 12.7 Å². The predicted molar refractivity (Wildman–Crippen MR) is 128 cm³/mol. The SMILES string of the molecule is O=C(O)c1c(-n2c(=O)[nH]c3cscc3c2=O)c2cc(C(F)(F)F)ccc2n1Cc1cccc(OC(F)(F)F)c1. The van der Waals surface area contributed by atoms with Gasteiger partial charge in [-0.15, -0.1) is 24.5 Å². The van der Waals surface area contributed by atoms with Gasteiger partial charge in [0.2, 0.25) is 0 Å². The van der Waals surface area contributed by atoms with Crippen molar-refractivity contribution in [2.45, 2.75) is 19.1 Å². The second-order valence-corrected chi connectivity index (χ2v) is 9.03. The highest BCUT2D eigenvalue weighted by atomic mass is 32.1. The molecule has 39 heavy (non-hydrogen) atoms. The Balaban J connectivity index is 1.83. The molecule has 2 N–H and O–H groups in total. The Bertz CT molecular complexity index is 1880. The van der Waals surface area contributed by atoms with Gasteiger partial charge < -0.3 is 19.4 Å². The fourth-order valence-corrected chi connectivity index (χ4v) is 5.04. The molecule has 0 aliphatic carbocycles. The van der Waals surface area contributed by atoms with E-state index in [1.807, 2.05) is 0 Å². The average Bonchev–Trinajstić information content (AvgIpc) is 3.40. The smallest absolute Gasteiger partial charge is 0.477 e. The number of rotatable bonds is 5. The summed E-state index contributed by atoms with van der Waals surface area (Å²) in [6, 6.07) is 6.81. The van der Waals surface area contributed by atoms with E-state index < -0.39 is 59.0 Å². The van der Waals surface area contributed by atoms with Crippen molar-refractivity contribution in [2.24, 2.45) is 0 Å². The standard InChI is InChI=1S/C24H13F6N3O5S/c25-23(26,27)12-4-5-17-14(7-12)18(33-20(34)15-9-39-10-16(15)31-22(33)37)19(21(35)36)32(17)8-11-2-1-3-13(6-11)38-24(28,29)30/h1-7,9-10H,8H2,(H,31,37)(H,35,36). The first kappa shape index (κ1) is 26.1. The molecule has 2 aromatic carbocycles. The van der Waals surface area contributed by atoms with E-state index in [0.717, 1.165) is 34.1 Å². The summed E-state index contributed by atoms with van der Waals surface area (Å²) in [6.45, 7) is -0.452. The van der Waals surface area contributed by atoms with E-state index in [4.69, 9.17) is 0 Å². The molecule has 0 unspecified atom stereocenters. The van der Waals surface area contributed by atoms with Crippen LogP contribution < -0.4 is 16.0 Å². The quantitative estimate of drug-likeness (QED) is 0.277. The van der Waals surface area contributed by atoms with Gasteiger partial charge in [-0.25, -0.2) is 14.2 Å². The number of nitrogens with zero attached hydrogens (tertiary/aromatic N) is 2. The monoisotopic (exact) mass is 569 g/mol. The van der Waals surface area contributed by atoms with E-state index in [2.05, 4.69) is 9.72 Å². The minimum atomic E-state index is -5.01. The molecule has 0 saturated heterocycles. The summed E-state index contributed by atoms with van der Waals surface area (Å²) < 4.78 is 84.3. The molecule has 0 fully saturated rings. The number of alkyl halides is 6. The number of ether oxygens (including phenoxy) is 1. The van der Waals surface area contributed by atoms with Gasteiger partial charge in [0.05, 0.1) is 27.7 Å². The highest BCUT2D eigenvalue weighted by molar-refractivity contribution is 7.09. The normalized spacial score (nSPS) is 12.4. The summed E-state index contributed by atoms with van der Waals surface area (Å²) in [7, 11) is 0. The number of carbonyl (C=O) groups is 1. The van der Waals surface area contributed by atoms with Gasteiger partial charge in [-0.3, -0.25) is 4.79 Å².